The van der Waals surface area contributed by atoms with Gasteiger partial charge < -0.3 is 10.2 Å². The predicted molar refractivity (Wildman–Crippen MR) is 132 cm³/mol. The van der Waals surface area contributed by atoms with E-state index in [1.165, 1.54) is 51.4 Å². The van der Waals surface area contributed by atoms with E-state index in [1.54, 1.807) is 5.57 Å². The largest absolute Gasteiger partial charge is 0.393 e. The Balaban J connectivity index is 1.71. The summed E-state index contributed by atoms with van der Waals surface area (Å²) in [6.45, 7) is 16.3. The van der Waals surface area contributed by atoms with Gasteiger partial charge in [-0.15, -0.1) is 0 Å². The minimum atomic E-state index is -0.598. The highest BCUT2D eigenvalue weighted by atomic mass is 16.3. The maximum absolute atomic E-state index is 10.2. The van der Waals surface area contributed by atoms with Crippen molar-refractivity contribution in [2.75, 3.05) is 0 Å². The van der Waals surface area contributed by atoms with Gasteiger partial charge in [-0.25, -0.2) is 0 Å². The lowest BCUT2D eigenvalue weighted by Gasteiger charge is -2.44. The summed E-state index contributed by atoms with van der Waals surface area (Å²) in [6.07, 6.45) is 15.1. The van der Waals surface area contributed by atoms with Gasteiger partial charge in [-0.05, 0) is 91.1 Å². The first-order valence-electron chi connectivity index (χ1n) is 13.1. The Kier molecular flexibility index (Phi) is 8.30. The molecule has 3 aliphatic rings. The number of rotatable bonds is 7. The summed E-state index contributed by atoms with van der Waals surface area (Å²) in [7, 11) is 0. The number of aliphatic hydroxyl groups is 2. The Morgan fingerprint density at radius 1 is 1.13 bits per heavy atom. The van der Waals surface area contributed by atoms with Crippen molar-refractivity contribution in [2.45, 2.75) is 111 Å². The lowest BCUT2D eigenvalue weighted by Crippen LogP contribution is -2.36. The third-order valence-electron chi connectivity index (χ3n) is 9.45. The highest BCUT2D eigenvalue weighted by Gasteiger charge is 2.50. The van der Waals surface area contributed by atoms with Crippen LogP contribution in [0.1, 0.15) is 98.8 Å². The lowest BCUT2D eigenvalue weighted by atomic mass is 9.60. The van der Waals surface area contributed by atoms with Crippen LogP contribution in [-0.2, 0) is 0 Å². The van der Waals surface area contributed by atoms with Crippen molar-refractivity contribution >= 4 is 0 Å². The molecule has 7 atom stereocenters. The van der Waals surface area contributed by atoms with E-state index in [1.807, 2.05) is 0 Å². The molecule has 0 spiro atoms. The van der Waals surface area contributed by atoms with Gasteiger partial charge in [0.2, 0.25) is 0 Å². The Hall–Kier alpha value is -0.860. The first kappa shape index (κ1) is 24.8. The number of aliphatic hydroxyl groups excluding tert-OH is 2. The zero-order valence-electron chi connectivity index (χ0n) is 20.9. The van der Waals surface area contributed by atoms with E-state index in [2.05, 4.69) is 53.3 Å². The van der Waals surface area contributed by atoms with E-state index in [4.69, 9.17) is 0 Å². The molecule has 2 nitrogen and oxygen atoms in total. The lowest BCUT2D eigenvalue weighted by molar-refractivity contribution is 0.0860. The van der Waals surface area contributed by atoms with Crippen LogP contribution in [0.3, 0.4) is 0 Å². The summed E-state index contributed by atoms with van der Waals surface area (Å²) < 4.78 is 0. The molecule has 2 heteroatoms. The van der Waals surface area contributed by atoms with Gasteiger partial charge in [0, 0.05) is 6.42 Å². The zero-order chi connectivity index (χ0) is 22.8. The summed E-state index contributed by atoms with van der Waals surface area (Å²) >= 11 is 0. The minimum Gasteiger partial charge on any atom is -0.393 e. The van der Waals surface area contributed by atoms with Crippen molar-refractivity contribution < 1.29 is 10.2 Å². The highest BCUT2D eigenvalue weighted by molar-refractivity contribution is 5.38. The third-order valence-corrected chi connectivity index (χ3v) is 9.45. The summed E-state index contributed by atoms with van der Waals surface area (Å²) in [5.41, 5.74) is 3.87. The van der Waals surface area contributed by atoms with Gasteiger partial charge in [0.15, 0.2) is 0 Å². The third kappa shape index (κ3) is 5.38. The van der Waals surface area contributed by atoms with Gasteiger partial charge >= 0.3 is 0 Å². The summed E-state index contributed by atoms with van der Waals surface area (Å²) in [6, 6.07) is 0. The Morgan fingerprint density at radius 3 is 2.55 bits per heavy atom. The molecule has 0 aromatic heterocycles. The van der Waals surface area contributed by atoms with Gasteiger partial charge in [-0.3, -0.25) is 0 Å². The van der Waals surface area contributed by atoms with Crippen LogP contribution in [-0.4, -0.2) is 22.4 Å². The monoisotopic (exact) mass is 428 g/mol. The zero-order valence-corrected chi connectivity index (χ0v) is 20.9. The Bertz CT molecular complexity index is 687. The van der Waals surface area contributed by atoms with Crippen molar-refractivity contribution in [2.24, 2.45) is 35.0 Å². The number of hydrogen-bond donors (Lipinski definition) is 2. The van der Waals surface area contributed by atoms with Crippen LogP contribution < -0.4 is 0 Å². The molecular formula is C29H48O2. The van der Waals surface area contributed by atoms with E-state index < -0.39 is 12.2 Å². The molecule has 176 valence electrons. The van der Waals surface area contributed by atoms with Gasteiger partial charge in [-0.2, -0.15) is 0 Å². The van der Waals surface area contributed by atoms with Gasteiger partial charge in [-0.1, -0.05) is 71.8 Å². The van der Waals surface area contributed by atoms with Gasteiger partial charge in [0.05, 0.1) is 12.2 Å². The molecule has 0 aromatic rings. The molecule has 0 bridgehead atoms. The quantitative estimate of drug-likeness (QED) is 0.449. The molecular weight excluding hydrogens is 380 g/mol. The minimum absolute atomic E-state index is 0.419. The number of hydrogen-bond acceptors (Lipinski definition) is 2. The molecule has 3 saturated carbocycles. The van der Waals surface area contributed by atoms with Crippen LogP contribution in [0, 0.1) is 35.0 Å². The first-order valence-corrected chi connectivity index (χ1v) is 13.1. The van der Waals surface area contributed by atoms with Crippen molar-refractivity contribution in [3.63, 3.8) is 0 Å². The standard InChI is InChI=1S/C29H48O2/c1-7-22(19(2)3)11-10-20(4)26-14-15-27-23(9-8-16-29(26,27)6)12-13-24-17-25(30)18-28(31)21(24)5/h12-13,19-20,22,25-28,30-31H,5,7-11,14-18H2,1-4,6H3/b23-12+,24-13-/t20?,22?,25-,26?,27-,28-,29+/m0/s1. The van der Waals surface area contributed by atoms with E-state index in [9.17, 15) is 10.2 Å². The molecule has 0 radical (unpaired) electrons. The van der Waals surface area contributed by atoms with Crippen molar-refractivity contribution in [1.82, 2.24) is 0 Å². The second-order valence-electron chi connectivity index (χ2n) is 11.6. The molecule has 3 rings (SSSR count). The Morgan fingerprint density at radius 2 is 1.87 bits per heavy atom. The topological polar surface area (TPSA) is 40.5 Å². The molecule has 3 fully saturated rings. The number of fused-ring (bicyclic) bond motifs is 1. The van der Waals surface area contributed by atoms with E-state index >= 15 is 0 Å². The second-order valence-corrected chi connectivity index (χ2v) is 11.6. The van der Waals surface area contributed by atoms with E-state index in [0.29, 0.717) is 24.2 Å². The van der Waals surface area contributed by atoms with Crippen LogP contribution >= 0.6 is 0 Å². The fourth-order valence-corrected chi connectivity index (χ4v) is 7.37. The molecule has 0 amide bonds. The van der Waals surface area contributed by atoms with Crippen LogP contribution in [0.4, 0.5) is 0 Å². The van der Waals surface area contributed by atoms with Crippen LogP contribution in [0.5, 0.6) is 0 Å². The fraction of sp³-hybridized carbons (Fsp3) is 0.793. The van der Waals surface area contributed by atoms with Crippen molar-refractivity contribution in [3.8, 4) is 0 Å². The van der Waals surface area contributed by atoms with Crippen molar-refractivity contribution in [1.29, 1.82) is 0 Å². The van der Waals surface area contributed by atoms with Crippen LogP contribution in [0.15, 0.2) is 35.5 Å². The molecule has 31 heavy (non-hydrogen) atoms. The second kappa shape index (κ2) is 10.4. The van der Waals surface area contributed by atoms with E-state index in [0.717, 1.165) is 34.8 Å². The smallest absolute Gasteiger partial charge is 0.0811 e. The van der Waals surface area contributed by atoms with Crippen LogP contribution in [0.2, 0.25) is 0 Å². The predicted octanol–water partition coefficient (Wildman–Crippen LogP) is 7.23. The molecule has 0 aromatic carbocycles. The Labute approximate surface area is 191 Å². The maximum atomic E-state index is 10.2. The summed E-state index contributed by atoms with van der Waals surface area (Å²) in [5.74, 6) is 4.02. The average Bonchev–Trinajstić information content (AvgIpc) is 3.07. The molecule has 0 saturated heterocycles. The first-order chi connectivity index (χ1) is 14.7. The van der Waals surface area contributed by atoms with Gasteiger partial charge in [0.1, 0.15) is 0 Å². The fourth-order valence-electron chi connectivity index (χ4n) is 7.37. The van der Waals surface area contributed by atoms with E-state index in [-0.39, 0.29) is 0 Å². The molecule has 3 unspecified atom stereocenters. The summed E-state index contributed by atoms with van der Waals surface area (Å²) in [5, 5.41) is 20.2. The molecule has 0 aliphatic heterocycles. The molecule has 0 heterocycles. The normalized spacial score (nSPS) is 38.6. The maximum Gasteiger partial charge on any atom is 0.0811 e. The highest BCUT2D eigenvalue weighted by Crippen LogP contribution is 2.60. The molecule has 2 N–H and O–H groups in total. The number of allylic oxidation sites excluding steroid dienone is 3. The van der Waals surface area contributed by atoms with Crippen molar-refractivity contribution in [3.05, 3.63) is 35.5 Å². The molecule has 3 aliphatic carbocycles. The van der Waals surface area contributed by atoms with Crippen LogP contribution in [0.25, 0.3) is 0 Å². The van der Waals surface area contributed by atoms with Gasteiger partial charge in [0.25, 0.3) is 0 Å². The average molecular weight is 429 g/mol. The summed E-state index contributed by atoms with van der Waals surface area (Å²) in [4.78, 5) is 0. The SMILES string of the molecule is C=C1/C(=C\C=C2/CCC[C@]3(C)C(C(C)CCC(CC)C(C)C)CC[C@@H]23)C[C@H](O)C[C@@H]1O.